The Morgan fingerprint density at radius 3 is 2.93 bits per heavy atom. The summed E-state index contributed by atoms with van der Waals surface area (Å²) >= 11 is 0. The Morgan fingerprint density at radius 2 is 2.19 bits per heavy atom. The van der Waals surface area contributed by atoms with Crippen LogP contribution in [0, 0.1) is 12.8 Å². The summed E-state index contributed by atoms with van der Waals surface area (Å²) in [5.41, 5.74) is 0.113. The van der Waals surface area contributed by atoms with Crippen molar-refractivity contribution >= 4 is 22.9 Å². The Labute approximate surface area is 157 Å². The number of nitrogens with one attached hydrogen (secondary N) is 1. The number of furan rings is 1. The van der Waals surface area contributed by atoms with Crippen LogP contribution in [0.4, 0.5) is 0 Å². The first kappa shape index (κ1) is 19.1. The minimum absolute atomic E-state index is 0.00713. The van der Waals surface area contributed by atoms with Gasteiger partial charge in [-0.1, -0.05) is 13.3 Å². The van der Waals surface area contributed by atoms with Crippen LogP contribution < -0.4 is 10.9 Å². The third-order valence-electron chi connectivity index (χ3n) is 5.07. The van der Waals surface area contributed by atoms with E-state index in [1.807, 2.05) is 0 Å². The van der Waals surface area contributed by atoms with Crippen molar-refractivity contribution in [2.45, 2.75) is 39.5 Å². The number of unbranched alkanes of at least 4 members (excludes halogenated alkanes) is 1. The predicted molar refractivity (Wildman–Crippen MR) is 101 cm³/mol. The molecule has 8 nitrogen and oxygen atoms in total. The molecular formula is C19H26N4O4. The van der Waals surface area contributed by atoms with Crippen molar-refractivity contribution in [3.8, 4) is 0 Å². The third-order valence-corrected chi connectivity index (χ3v) is 5.07. The molecule has 0 radical (unpaired) electrons. The molecule has 0 aromatic carbocycles. The molecule has 0 spiro atoms. The molecule has 1 fully saturated rings. The van der Waals surface area contributed by atoms with E-state index in [2.05, 4.69) is 17.2 Å². The van der Waals surface area contributed by atoms with Gasteiger partial charge in [0.2, 0.25) is 11.6 Å². The van der Waals surface area contributed by atoms with Crippen molar-refractivity contribution in [2.75, 3.05) is 19.6 Å². The topological polar surface area (TPSA) is 97.4 Å². The number of likely N-dealkylation sites (tertiary alicyclic amines) is 1. The molecule has 0 bridgehead atoms. The summed E-state index contributed by atoms with van der Waals surface area (Å²) in [6, 6.07) is 0. The van der Waals surface area contributed by atoms with E-state index < -0.39 is 0 Å². The van der Waals surface area contributed by atoms with Gasteiger partial charge in [0.1, 0.15) is 17.5 Å². The highest BCUT2D eigenvalue weighted by Gasteiger charge is 2.32. The molecule has 2 aromatic rings. The van der Waals surface area contributed by atoms with E-state index >= 15 is 0 Å². The first-order valence-electron chi connectivity index (χ1n) is 9.45. The molecule has 1 N–H and O–H groups in total. The lowest BCUT2D eigenvalue weighted by atomic mass is 9.96. The number of aryl methyl sites for hydroxylation is 2. The van der Waals surface area contributed by atoms with Gasteiger partial charge >= 0.3 is 0 Å². The first-order valence-corrected chi connectivity index (χ1v) is 9.45. The van der Waals surface area contributed by atoms with Gasteiger partial charge in [-0.3, -0.25) is 14.4 Å². The highest BCUT2D eigenvalue weighted by Crippen LogP contribution is 2.25. The molecule has 1 saturated heterocycles. The van der Waals surface area contributed by atoms with Gasteiger partial charge in [-0.25, -0.2) is 4.98 Å². The van der Waals surface area contributed by atoms with Crippen molar-refractivity contribution < 1.29 is 14.0 Å². The highest BCUT2D eigenvalue weighted by atomic mass is 16.3. The average molecular weight is 374 g/mol. The smallest absolute Gasteiger partial charge is 0.265 e. The molecule has 1 atom stereocenters. The van der Waals surface area contributed by atoms with Gasteiger partial charge in [0, 0.05) is 26.7 Å². The predicted octanol–water partition coefficient (Wildman–Crippen LogP) is 1.60. The minimum Gasteiger partial charge on any atom is -0.442 e. The maximum absolute atomic E-state index is 13.1. The summed E-state index contributed by atoms with van der Waals surface area (Å²) in [4.78, 5) is 43.8. The number of carbonyl (C=O) groups is 2. The number of rotatable bonds is 5. The lowest BCUT2D eigenvalue weighted by Gasteiger charge is -2.32. The van der Waals surface area contributed by atoms with Crippen LogP contribution in [0.2, 0.25) is 0 Å². The molecule has 27 heavy (non-hydrogen) atoms. The number of amides is 2. The van der Waals surface area contributed by atoms with E-state index in [1.54, 1.807) is 18.9 Å². The lowest BCUT2D eigenvalue weighted by Crippen LogP contribution is -2.45. The molecular weight excluding hydrogens is 348 g/mol. The van der Waals surface area contributed by atoms with Crippen molar-refractivity contribution in [2.24, 2.45) is 13.0 Å². The number of nitrogens with zero attached hydrogens (tertiary/aromatic N) is 3. The van der Waals surface area contributed by atoms with Crippen LogP contribution in [0.25, 0.3) is 11.1 Å². The maximum Gasteiger partial charge on any atom is 0.265 e. The number of piperidine rings is 1. The van der Waals surface area contributed by atoms with Crippen molar-refractivity contribution in [3.63, 3.8) is 0 Å². The summed E-state index contributed by atoms with van der Waals surface area (Å²) in [5.74, 6) is -0.131. The summed E-state index contributed by atoms with van der Waals surface area (Å²) < 4.78 is 6.86. The quantitative estimate of drug-likeness (QED) is 0.802. The van der Waals surface area contributed by atoms with Crippen molar-refractivity contribution in [3.05, 3.63) is 28.0 Å². The van der Waals surface area contributed by atoms with Gasteiger partial charge in [-0.2, -0.15) is 0 Å². The molecule has 2 amide bonds. The largest absolute Gasteiger partial charge is 0.442 e. The average Bonchev–Trinajstić information content (AvgIpc) is 3.01. The van der Waals surface area contributed by atoms with E-state index in [0.29, 0.717) is 25.4 Å². The SMILES string of the molecule is CCCCNC(=O)C1CCCN(C(=O)c2c(C)oc3ncn(C)c(=O)c23)C1. The second-order valence-corrected chi connectivity index (χ2v) is 7.11. The second kappa shape index (κ2) is 7.94. The zero-order valence-corrected chi connectivity index (χ0v) is 16.1. The van der Waals surface area contributed by atoms with Gasteiger partial charge in [-0.15, -0.1) is 0 Å². The van der Waals surface area contributed by atoms with Gasteiger partial charge in [0.15, 0.2) is 0 Å². The standard InChI is InChI=1S/C19H26N4O4/c1-4-5-8-20-16(24)13-7-6-9-23(10-13)19(26)14-12(2)27-17-15(14)18(25)22(3)11-21-17/h11,13H,4-10H2,1-3H3,(H,20,24). The zero-order chi connectivity index (χ0) is 19.6. The monoisotopic (exact) mass is 374 g/mol. The lowest BCUT2D eigenvalue weighted by molar-refractivity contribution is -0.126. The maximum atomic E-state index is 13.1. The molecule has 0 saturated carbocycles. The van der Waals surface area contributed by atoms with Gasteiger partial charge in [-0.05, 0) is 26.2 Å². The molecule has 1 aliphatic heterocycles. The Morgan fingerprint density at radius 1 is 1.41 bits per heavy atom. The van der Waals surface area contributed by atoms with Crippen molar-refractivity contribution in [1.29, 1.82) is 0 Å². The van der Waals surface area contributed by atoms with Crippen LogP contribution in [0.5, 0.6) is 0 Å². The molecule has 8 heteroatoms. The summed E-state index contributed by atoms with van der Waals surface area (Å²) in [7, 11) is 1.59. The number of carbonyl (C=O) groups excluding carboxylic acids is 2. The summed E-state index contributed by atoms with van der Waals surface area (Å²) in [6.45, 7) is 5.30. The van der Waals surface area contributed by atoms with Crippen LogP contribution in [0.3, 0.4) is 0 Å². The highest BCUT2D eigenvalue weighted by molar-refractivity contribution is 6.06. The number of hydrogen-bond donors (Lipinski definition) is 1. The van der Waals surface area contributed by atoms with Crippen LogP contribution in [-0.2, 0) is 11.8 Å². The van der Waals surface area contributed by atoms with E-state index in [4.69, 9.17) is 4.42 Å². The van der Waals surface area contributed by atoms with Crippen molar-refractivity contribution in [1.82, 2.24) is 19.8 Å². The Kier molecular flexibility index (Phi) is 5.62. The van der Waals surface area contributed by atoms with E-state index in [9.17, 15) is 14.4 Å². The number of aromatic nitrogens is 2. The van der Waals surface area contributed by atoms with E-state index in [-0.39, 0.29) is 40.0 Å². The zero-order valence-electron chi connectivity index (χ0n) is 16.1. The summed E-state index contributed by atoms with van der Waals surface area (Å²) in [5, 5.41) is 3.15. The van der Waals surface area contributed by atoms with Crippen LogP contribution in [-0.4, -0.2) is 45.9 Å². The fourth-order valence-electron chi connectivity index (χ4n) is 3.51. The fraction of sp³-hybridized carbons (Fsp3) is 0.579. The molecule has 3 heterocycles. The Balaban J connectivity index is 1.83. The second-order valence-electron chi connectivity index (χ2n) is 7.11. The Bertz CT molecular complexity index is 914. The van der Waals surface area contributed by atoms with E-state index in [0.717, 1.165) is 25.7 Å². The molecule has 3 rings (SSSR count). The molecule has 2 aromatic heterocycles. The van der Waals surface area contributed by atoms with Gasteiger partial charge < -0.3 is 19.2 Å². The number of fused-ring (bicyclic) bond motifs is 1. The Hall–Kier alpha value is -2.64. The number of hydrogen-bond acceptors (Lipinski definition) is 5. The van der Waals surface area contributed by atoms with Gasteiger partial charge in [0.25, 0.3) is 11.5 Å². The molecule has 146 valence electrons. The third kappa shape index (κ3) is 3.74. The van der Waals surface area contributed by atoms with Crippen LogP contribution >= 0.6 is 0 Å². The normalized spacial score (nSPS) is 17.3. The first-order chi connectivity index (χ1) is 12.9. The van der Waals surface area contributed by atoms with Crippen LogP contribution in [0.15, 0.2) is 15.5 Å². The molecule has 0 aliphatic carbocycles. The minimum atomic E-state index is -0.314. The fourth-order valence-corrected chi connectivity index (χ4v) is 3.51. The molecule has 1 aliphatic rings. The molecule has 1 unspecified atom stereocenters. The summed E-state index contributed by atoms with van der Waals surface area (Å²) in [6.07, 6.45) is 4.85. The van der Waals surface area contributed by atoms with E-state index in [1.165, 1.54) is 10.9 Å². The van der Waals surface area contributed by atoms with Crippen LogP contribution in [0.1, 0.15) is 48.7 Å². The van der Waals surface area contributed by atoms with Gasteiger partial charge in [0.05, 0.1) is 11.5 Å².